The Morgan fingerprint density at radius 3 is 2.45 bits per heavy atom. The molecule has 1 unspecified atom stereocenters. The summed E-state index contributed by atoms with van der Waals surface area (Å²) in [7, 11) is 1.87. The van der Waals surface area contributed by atoms with Crippen molar-refractivity contribution < 1.29 is 9.59 Å². The quantitative estimate of drug-likeness (QED) is 0.933. The summed E-state index contributed by atoms with van der Waals surface area (Å²) in [5, 5.41) is 2.96. The molecule has 1 aromatic carbocycles. The SMILES string of the molecule is CN1CC(Cc2ccc(C(=O)NC(C)(C)C)cc2)CCC1=O. The molecule has 0 spiro atoms. The minimum Gasteiger partial charge on any atom is -0.347 e. The van der Waals surface area contributed by atoms with E-state index in [4.69, 9.17) is 0 Å². The molecule has 1 atom stereocenters. The molecule has 4 nitrogen and oxygen atoms in total. The first kappa shape index (κ1) is 16.5. The van der Waals surface area contributed by atoms with Crippen LogP contribution in [0.5, 0.6) is 0 Å². The lowest BCUT2D eigenvalue weighted by molar-refractivity contribution is -0.133. The van der Waals surface area contributed by atoms with Gasteiger partial charge in [0.2, 0.25) is 5.91 Å². The van der Waals surface area contributed by atoms with Crippen molar-refractivity contribution in [3.8, 4) is 0 Å². The summed E-state index contributed by atoms with van der Waals surface area (Å²) in [6, 6.07) is 7.81. The van der Waals surface area contributed by atoms with E-state index in [1.807, 2.05) is 57.0 Å². The zero-order valence-electron chi connectivity index (χ0n) is 14.0. The zero-order valence-corrected chi connectivity index (χ0v) is 14.0. The molecule has 22 heavy (non-hydrogen) atoms. The van der Waals surface area contributed by atoms with Crippen molar-refractivity contribution in [3.63, 3.8) is 0 Å². The van der Waals surface area contributed by atoms with Crippen LogP contribution in [0.25, 0.3) is 0 Å². The van der Waals surface area contributed by atoms with Gasteiger partial charge in [-0.1, -0.05) is 12.1 Å². The van der Waals surface area contributed by atoms with Gasteiger partial charge < -0.3 is 10.2 Å². The molecule has 0 bridgehead atoms. The van der Waals surface area contributed by atoms with Crippen molar-refractivity contribution in [2.75, 3.05) is 13.6 Å². The number of nitrogens with zero attached hydrogens (tertiary/aromatic N) is 1. The number of nitrogens with one attached hydrogen (secondary N) is 1. The molecule has 2 rings (SSSR count). The van der Waals surface area contributed by atoms with Crippen LogP contribution in [0, 0.1) is 5.92 Å². The molecule has 1 saturated heterocycles. The number of rotatable bonds is 3. The lowest BCUT2D eigenvalue weighted by Crippen LogP contribution is -2.40. The van der Waals surface area contributed by atoms with Gasteiger partial charge in [-0.05, 0) is 57.2 Å². The molecule has 1 heterocycles. The van der Waals surface area contributed by atoms with Crippen molar-refractivity contribution >= 4 is 11.8 Å². The van der Waals surface area contributed by atoms with E-state index in [1.165, 1.54) is 5.56 Å². The smallest absolute Gasteiger partial charge is 0.251 e. The Balaban J connectivity index is 1.95. The van der Waals surface area contributed by atoms with Gasteiger partial charge >= 0.3 is 0 Å². The topological polar surface area (TPSA) is 49.4 Å². The Hall–Kier alpha value is -1.84. The summed E-state index contributed by atoms with van der Waals surface area (Å²) < 4.78 is 0. The molecule has 0 aromatic heterocycles. The third-order valence-electron chi connectivity index (χ3n) is 3.95. The van der Waals surface area contributed by atoms with Crippen LogP contribution in [0.1, 0.15) is 49.5 Å². The second-order valence-corrected chi connectivity index (χ2v) is 7.28. The van der Waals surface area contributed by atoms with Gasteiger partial charge in [-0.25, -0.2) is 0 Å². The third kappa shape index (κ3) is 4.58. The fourth-order valence-corrected chi connectivity index (χ4v) is 2.80. The summed E-state index contributed by atoms with van der Waals surface area (Å²) in [5.41, 5.74) is 1.68. The van der Waals surface area contributed by atoms with Crippen molar-refractivity contribution in [1.82, 2.24) is 10.2 Å². The molecule has 1 aliphatic heterocycles. The number of likely N-dealkylation sites (tertiary alicyclic amines) is 1. The molecule has 1 aliphatic rings. The molecule has 0 aliphatic carbocycles. The van der Waals surface area contributed by atoms with Crippen LogP contribution in [0.3, 0.4) is 0 Å². The zero-order chi connectivity index (χ0) is 16.3. The number of piperidine rings is 1. The minimum absolute atomic E-state index is 0.0398. The van der Waals surface area contributed by atoms with E-state index in [0.29, 0.717) is 17.9 Å². The van der Waals surface area contributed by atoms with Gasteiger partial charge in [-0.15, -0.1) is 0 Å². The average molecular weight is 302 g/mol. The predicted octanol–water partition coefficient (Wildman–Crippen LogP) is 2.63. The number of carbonyl (C=O) groups excluding carboxylic acids is 2. The molecule has 0 radical (unpaired) electrons. The normalized spacial score (nSPS) is 19.2. The van der Waals surface area contributed by atoms with E-state index in [1.54, 1.807) is 0 Å². The number of hydrogen-bond acceptors (Lipinski definition) is 2. The van der Waals surface area contributed by atoms with Crippen molar-refractivity contribution in [2.24, 2.45) is 5.92 Å². The van der Waals surface area contributed by atoms with Crippen LogP contribution in [0.15, 0.2) is 24.3 Å². The minimum atomic E-state index is -0.227. The van der Waals surface area contributed by atoms with Gasteiger partial charge in [0.05, 0.1) is 0 Å². The van der Waals surface area contributed by atoms with Crippen LogP contribution in [-0.2, 0) is 11.2 Å². The van der Waals surface area contributed by atoms with Gasteiger partial charge in [-0.2, -0.15) is 0 Å². The van der Waals surface area contributed by atoms with Crippen molar-refractivity contribution in [1.29, 1.82) is 0 Å². The number of carbonyl (C=O) groups is 2. The summed E-state index contributed by atoms with van der Waals surface area (Å²) in [6.07, 6.45) is 2.56. The first-order valence-electron chi connectivity index (χ1n) is 7.90. The molecule has 120 valence electrons. The second-order valence-electron chi connectivity index (χ2n) is 7.28. The standard InChI is InChI=1S/C18H26N2O2/c1-18(2,3)19-17(22)15-8-5-13(6-9-15)11-14-7-10-16(21)20(4)12-14/h5-6,8-9,14H,7,10-12H2,1-4H3,(H,19,22). The molecular weight excluding hydrogens is 276 g/mol. The largest absolute Gasteiger partial charge is 0.347 e. The fourth-order valence-electron chi connectivity index (χ4n) is 2.80. The predicted molar refractivity (Wildman–Crippen MR) is 87.7 cm³/mol. The highest BCUT2D eigenvalue weighted by Gasteiger charge is 2.23. The first-order chi connectivity index (χ1) is 10.2. The lowest BCUT2D eigenvalue weighted by atomic mass is 9.91. The summed E-state index contributed by atoms with van der Waals surface area (Å²) >= 11 is 0. The van der Waals surface area contributed by atoms with Crippen molar-refractivity contribution in [2.45, 2.75) is 45.6 Å². The number of hydrogen-bond donors (Lipinski definition) is 1. The highest BCUT2D eigenvalue weighted by Crippen LogP contribution is 2.21. The lowest BCUT2D eigenvalue weighted by Gasteiger charge is -2.29. The fraction of sp³-hybridized carbons (Fsp3) is 0.556. The van der Waals surface area contributed by atoms with E-state index in [2.05, 4.69) is 5.32 Å². The van der Waals surface area contributed by atoms with Gasteiger partial charge in [-0.3, -0.25) is 9.59 Å². The number of amides is 2. The maximum absolute atomic E-state index is 12.1. The third-order valence-corrected chi connectivity index (χ3v) is 3.95. The van der Waals surface area contributed by atoms with E-state index in [0.717, 1.165) is 19.4 Å². The monoisotopic (exact) mass is 302 g/mol. The summed E-state index contributed by atoms with van der Waals surface area (Å²) in [5.74, 6) is 0.712. The maximum atomic E-state index is 12.1. The van der Waals surface area contributed by atoms with Gasteiger partial charge in [0.15, 0.2) is 0 Å². The Morgan fingerprint density at radius 2 is 1.91 bits per heavy atom. The van der Waals surface area contributed by atoms with E-state index in [9.17, 15) is 9.59 Å². The van der Waals surface area contributed by atoms with Crippen LogP contribution in [0.4, 0.5) is 0 Å². The highest BCUT2D eigenvalue weighted by molar-refractivity contribution is 5.94. The van der Waals surface area contributed by atoms with Crippen LogP contribution in [0.2, 0.25) is 0 Å². The van der Waals surface area contributed by atoms with Gasteiger partial charge in [0.1, 0.15) is 0 Å². The highest BCUT2D eigenvalue weighted by atomic mass is 16.2. The van der Waals surface area contributed by atoms with Crippen molar-refractivity contribution in [3.05, 3.63) is 35.4 Å². The Labute approximate surface area is 132 Å². The molecule has 2 amide bonds. The Bertz CT molecular complexity index is 543. The van der Waals surface area contributed by atoms with Crippen LogP contribution < -0.4 is 5.32 Å². The molecule has 0 saturated carbocycles. The molecule has 1 fully saturated rings. The Morgan fingerprint density at radius 1 is 1.27 bits per heavy atom. The Kier molecular flexibility index (Phi) is 4.89. The van der Waals surface area contributed by atoms with E-state index in [-0.39, 0.29) is 17.4 Å². The van der Waals surface area contributed by atoms with Crippen LogP contribution in [-0.4, -0.2) is 35.8 Å². The average Bonchev–Trinajstić information content (AvgIpc) is 2.42. The molecule has 1 aromatic rings. The molecule has 4 heteroatoms. The molecule has 1 N–H and O–H groups in total. The first-order valence-corrected chi connectivity index (χ1v) is 7.90. The summed E-state index contributed by atoms with van der Waals surface area (Å²) in [6.45, 7) is 6.74. The molecular formula is C18H26N2O2. The number of benzene rings is 1. The van der Waals surface area contributed by atoms with Crippen LogP contribution >= 0.6 is 0 Å². The van der Waals surface area contributed by atoms with Gasteiger partial charge in [0, 0.05) is 31.1 Å². The van der Waals surface area contributed by atoms with Gasteiger partial charge in [0.25, 0.3) is 5.91 Å². The van der Waals surface area contributed by atoms with E-state index >= 15 is 0 Å². The second kappa shape index (κ2) is 6.51. The van der Waals surface area contributed by atoms with E-state index < -0.39 is 0 Å². The maximum Gasteiger partial charge on any atom is 0.251 e. The summed E-state index contributed by atoms with van der Waals surface area (Å²) in [4.78, 5) is 25.4.